The van der Waals surface area contributed by atoms with Gasteiger partial charge in [0.2, 0.25) is 0 Å². The molecular weight excluding hydrogens is 441 g/mol. The molecule has 1 fully saturated rings. The average Bonchev–Trinajstić information content (AvgIpc) is 3.23. The number of aromatic nitrogens is 1. The number of piperazine rings is 1. The second kappa shape index (κ2) is 11.5. The number of nitrogens with zero attached hydrogens (tertiary/aromatic N) is 2. The molecule has 2 aromatic carbocycles. The van der Waals surface area contributed by atoms with Crippen molar-refractivity contribution in [2.45, 2.75) is 12.6 Å². The Morgan fingerprint density at radius 1 is 1.10 bits per heavy atom. The Labute approximate surface area is 194 Å². The SMILES string of the molecule is COc1cccc(-c2nc(CN3CCNCC3c3ccccc3OC)cs2)c1.Cl.Cl. The zero-order chi connectivity index (χ0) is 19.3. The molecule has 5 nitrogen and oxygen atoms in total. The maximum Gasteiger partial charge on any atom is 0.123 e. The molecule has 0 aliphatic carbocycles. The lowest BCUT2D eigenvalue weighted by molar-refractivity contribution is 0.149. The summed E-state index contributed by atoms with van der Waals surface area (Å²) in [7, 11) is 3.43. The van der Waals surface area contributed by atoms with E-state index >= 15 is 0 Å². The molecule has 4 rings (SSSR count). The minimum atomic E-state index is 0. The highest BCUT2D eigenvalue weighted by Crippen LogP contribution is 2.32. The van der Waals surface area contributed by atoms with E-state index in [1.165, 1.54) is 5.56 Å². The molecule has 0 spiro atoms. The molecule has 0 saturated carbocycles. The molecule has 1 unspecified atom stereocenters. The molecule has 2 heterocycles. The Bertz CT molecular complexity index is 938. The maximum absolute atomic E-state index is 5.60. The molecule has 8 heteroatoms. The highest BCUT2D eigenvalue weighted by Gasteiger charge is 2.26. The Kier molecular flexibility index (Phi) is 9.39. The largest absolute Gasteiger partial charge is 0.497 e. The van der Waals surface area contributed by atoms with E-state index in [0.717, 1.165) is 53.9 Å². The monoisotopic (exact) mass is 467 g/mol. The van der Waals surface area contributed by atoms with Gasteiger partial charge in [0, 0.05) is 42.7 Å². The quantitative estimate of drug-likeness (QED) is 0.562. The van der Waals surface area contributed by atoms with Gasteiger partial charge in [0.25, 0.3) is 0 Å². The van der Waals surface area contributed by atoms with Gasteiger partial charge in [-0.15, -0.1) is 36.2 Å². The van der Waals surface area contributed by atoms with Crippen molar-refractivity contribution >= 4 is 36.2 Å². The molecular formula is C22H27Cl2N3O2S. The van der Waals surface area contributed by atoms with Gasteiger partial charge < -0.3 is 14.8 Å². The van der Waals surface area contributed by atoms with E-state index < -0.39 is 0 Å². The fraction of sp³-hybridized carbons (Fsp3) is 0.318. The average molecular weight is 468 g/mol. The van der Waals surface area contributed by atoms with Crippen molar-refractivity contribution < 1.29 is 9.47 Å². The number of para-hydroxylation sites is 1. The van der Waals surface area contributed by atoms with Crippen molar-refractivity contribution in [2.75, 3.05) is 33.9 Å². The third kappa shape index (κ3) is 5.45. The molecule has 1 aliphatic heterocycles. The minimum Gasteiger partial charge on any atom is -0.497 e. The molecule has 1 N–H and O–H groups in total. The predicted octanol–water partition coefficient (Wildman–Crippen LogP) is 4.82. The van der Waals surface area contributed by atoms with Crippen molar-refractivity contribution in [3.63, 3.8) is 0 Å². The van der Waals surface area contributed by atoms with Crippen LogP contribution in [0.5, 0.6) is 11.5 Å². The van der Waals surface area contributed by atoms with Gasteiger partial charge in [-0.1, -0.05) is 30.3 Å². The van der Waals surface area contributed by atoms with Gasteiger partial charge in [-0.3, -0.25) is 4.90 Å². The number of ether oxygens (including phenoxy) is 2. The van der Waals surface area contributed by atoms with Gasteiger partial charge in [0.15, 0.2) is 0 Å². The lowest BCUT2D eigenvalue weighted by atomic mass is 10.0. The summed E-state index contributed by atoms with van der Waals surface area (Å²) in [4.78, 5) is 7.38. The first-order valence-electron chi connectivity index (χ1n) is 9.45. The van der Waals surface area contributed by atoms with Crippen LogP contribution in [0.4, 0.5) is 0 Å². The first-order chi connectivity index (χ1) is 13.8. The van der Waals surface area contributed by atoms with Crippen LogP contribution in [-0.2, 0) is 6.54 Å². The Morgan fingerprint density at radius 2 is 1.93 bits per heavy atom. The van der Waals surface area contributed by atoms with E-state index in [0.29, 0.717) is 0 Å². The Balaban J connectivity index is 0.00000160. The number of methoxy groups -OCH3 is 2. The summed E-state index contributed by atoms with van der Waals surface area (Å²) in [6, 6.07) is 16.6. The van der Waals surface area contributed by atoms with Gasteiger partial charge in [-0.2, -0.15) is 0 Å². The summed E-state index contributed by atoms with van der Waals surface area (Å²) in [5, 5.41) is 6.70. The summed E-state index contributed by atoms with van der Waals surface area (Å²) in [5.41, 5.74) is 3.42. The first-order valence-corrected chi connectivity index (χ1v) is 10.3. The van der Waals surface area contributed by atoms with Crippen LogP contribution in [0.3, 0.4) is 0 Å². The van der Waals surface area contributed by atoms with E-state index in [-0.39, 0.29) is 30.9 Å². The number of nitrogens with one attached hydrogen (secondary N) is 1. The van der Waals surface area contributed by atoms with E-state index in [1.807, 2.05) is 30.3 Å². The Hall–Kier alpha value is -1.83. The lowest BCUT2D eigenvalue weighted by Crippen LogP contribution is -2.45. The van der Waals surface area contributed by atoms with Crippen LogP contribution in [0.2, 0.25) is 0 Å². The van der Waals surface area contributed by atoms with E-state index in [9.17, 15) is 0 Å². The normalized spacial score (nSPS) is 16.3. The van der Waals surface area contributed by atoms with Crippen molar-refractivity contribution in [1.29, 1.82) is 0 Å². The second-order valence-corrected chi connectivity index (χ2v) is 7.67. The van der Waals surface area contributed by atoms with E-state index in [2.05, 4.69) is 33.8 Å². The van der Waals surface area contributed by atoms with Gasteiger partial charge >= 0.3 is 0 Å². The maximum atomic E-state index is 5.60. The number of rotatable bonds is 6. The number of hydrogen-bond donors (Lipinski definition) is 1. The molecule has 1 aliphatic rings. The van der Waals surface area contributed by atoms with Crippen LogP contribution in [-0.4, -0.2) is 43.7 Å². The van der Waals surface area contributed by atoms with Gasteiger partial charge in [-0.05, 0) is 18.2 Å². The summed E-state index contributed by atoms with van der Waals surface area (Å²) < 4.78 is 10.9. The molecule has 3 aromatic rings. The number of halogens is 2. The highest BCUT2D eigenvalue weighted by molar-refractivity contribution is 7.13. The van der Waals surface area contributed by atoms with Crippen molar-refractivity contribution in [2.24, 2.45) is 0 Å². The lowest BCUT2D eigenvalue weighted by Gasteiger charge is -2.36. The minimum absolute atomic E-state index is 0. The van der Waals surface area contributed by atoms with Gasteiger partial charge in [-0.25, -0.2) is 4.98 Å². The topological polar surface area (TPSA) is 46.6 Å². The van der Waals surface area contributed by atoms with E-state index in [1.54, 1.807) is 25.6 Å². The smallest absolute Gasteiger partial charge is 0.123 e. The second-order valence-electron chi connectivity index (χ2n) is 6.81. The highest BCUT2D eigenvalue weighted by atomic mass is 35.5. The fourth-order valence-electron chi connectivity index (χ4n) is 3.66. The van der Waals surface area contributed by atoms with Crippen LogP contribution >= 0.6 is 36.2 Å². The van der Waals surface area contributed by atoms with Gasteiger partial charge in [0.1, 0.15) is 16.5 Å². The summed E-state index contributed by atoms with van der Waals surface area (Å²) >= 11 is 1.68. The molecule has 1 atom stereocenters. The third-order valence-corrected chi connectivity index (χ3v) is 6.03. The molecule has 0 amide bonds. The molecule has 0 bridgehead atoms. The molecule has 30 heavy (non-hydrogen) atoms. The molecule has 0 radical (unpaired) electrons. The number of thiazole rings is 1. The zero-order valence-corrected chi connectivity index (χ0v) is 19.5. The summed E-state index contributed by atoms with van der Waals surface area (Å²) in [5.74, 6) is 1.80. The standard InChI is InChI=1S/C22H25N3O2S.2ClH/c1-26-18-7-5-6-16(12-18)22-24-17(15-28-22)14-25-11-10-23-13-20(25)19-8-3-4-9-21(19)27-2;;/h3-9,12,15,20,23H,10-11,13-14H2,1-2H3;2*1H. The summed E-state index contributed by atoms with van der Waals surface area (Å²) in [6.45, 7) is 3.70. The van der Waals surface area contributed by atoms with Crippen LogP contribution < -0.4 is 14.8 Å². The number of benzene rings is 2. The Morgan fingerprint density at radius 3 is 2.73 bits per heavy atom. The zero-order valence-electron chi connectivity index (χ0n) is 17.0. The predicted molar refractivity (Wildman–Crippen MR) is 128 cm³/mol. The van der Waals surface area contributed by atoms with E-state index in [4.69, 9.17) is 14.5 Å². The van der Waals surface area contributed by atoms with Crippen molar-refractivity contribution in [1.82, 2.24) is 15.2 Å². The summed E-state index contributed by atoms with van der Waals surface area (Å²) in [6.07, 6.45) is 0. The molecule has 162 valence electrons. The number of hydrogen-bond acceptors (Lipinski definition) is 6. The molecule has 1 aromatic heterocycles. The fourth-order valence-corrected chi connectivity index (χ4v) is 4.47. The van der Waals surface area contributed by atoms with Crippen molar-refractivity contribution in [3.05, 3.63) is 65.2 Å². The van der Waals surface area contributed by atoms with Crippen LogP contribution in [0, 0.1) is 0 Å². The van der Waals surface area contributed by atoms with Crippen LogP contribution in [0.15, 0.2) is 53.9 Å². The van der Waals surface area contributed by atoms with Gasteiger partial charge in [0.05, 0.1) is 26.0 Å². The van der Waals surface area contributed by atoms with Crippen LogP contribution in [0.1, 0.15) is 17.3 Å². The third-order valence-electron chi connectivity index (χ3n) is 5.09. The molecule has 1 saturated heterocycles. The first kappa shape index (κ1) is 24.4. The van der Waals surface area contributed by atoms with Crippen molar-refractivity contribution in [3.8, 4) is 22.1 Å². The van der Waals surface area contributed by atoms with Crippen LogP contribution in [0.25, 0.3) is 10.6 Å².